The van der Waals surface area contributed by atoms with Crippen molar-refractivity contribution in [2.24, 2.45) is 0 Å². The SMILES string of the molecule is CC(C)N1Cc2cc(O)ccc2CC1=O. The average Bonchev–Trinajstić information content (AvgIpc) is 2.17. The van der Waals surface area contributed by atoms with E-state index in [9.17, 15) is 9.90 Å². The normalized spacial score (nSPS) is 15.7. The minimum atomic E-state index is 0.170. The molecule has 1 aliphatic heterocycles. The fraction of sp³-hybridized carbons (Fsp3) is 0.417. The van der Waals surface area contributed by atoms with Gasteiger partial charge in [-0.2, -0.15) is 0 Å². The lowest BCUT2D eigenvalue weighted by Gasteiger charge is -2.32. The van der Waals surface area contributed by atoms with Crippen molar-refractivity contribution in [2.75, 3.05) is 0 Å². The molecule has 1 aliphatic rings. The summed E-state index contributed by atoms with van der Waals surface area (Å²) in [5.41, 5.74) is 2.10. The number of phenolic OH excluding ortho intramolecular Hbond substituents is 1. The standard InChI is InChI=1S/C12H15NO2/c1-8(2)13-7-10-5-11(14)4-3-9(10)6-12(13)15/h3-5,8,14H,6-7H2,1-2H3. The van der Waals surface area contributed by atoms with Crippen LogP contribution < -0.4 is 0 Å². The molecule has 0 aromatic heterocycles. The molecule has 1 heterocycles. The van der Waals surface area contributed by atoms with Crippen LogP contribution >= 0.6 is 0 Å². The molecule has 15 heavy (non-hydrogen) atoms. The molecular weight excluding hydrogens is 190 g/mol. The van der Waals surface area contributed by atoms with Gasteiger partial charge in [-0.25, -0.2) is 0 Å². The summed E-state index contributed by atoms with van der Waals surface area (Å²) < 4.78 is 0. The van der Waals surface area contributed by atoms with Crippen LogP contribution in [0.3, 0.4) is 0 Å². The summed E-state index contributed by atoms with van der Waals surface area (Å²) >= 11 is 0. The lowest BCUT2D eigenvalue weighted by Crippen LogP contribution is -2.40. The highest BCUT2D eigenvalue weighted by atomic mass is 16.3. The van der Waals surface area contributed by atoms with Crippen molar-refractivity contribution in [1.82, 2.24) is 4.90 Å². The molecular formula is C12H15NO2. The van der Waals surface area contributed by atoms with Crippen LogP contribution in [-0.4, -0.2) is 22.0 Å². The van der Waals surface area contributed by atoms with Crippen LogP contribution in [0.1, 0.15) is 25.0 Å². The fourth-order valence-electron chi connectivity index (χ4n) is 1.94. The average molecular weight is 205 g/mol. The number of nitrogens with zero attached hydrogens (tertiary/aromatic N) is 1. The first-order chi connectivity index (χ1) is 7.08. The third-order valence-electron chi connectivity index (χ3n) is 2.82. The Labute approximate surface area is 89.3 Å². The topological polar surface area (TPSA) is 40.5 Å². The summed E-state index contributed by atoms with van der Waals surface area (Å²) in [5, 5.41) is 9.38. The van der Waals surface area contributed by atoms with Crippen molar-refractivity contribution < 1.29 is 9.90 Å². The summed E-state index contributed by atoms with van der Waals surface area (Å²) in [6, 6.07) is 5.43. The van der Waals surface area contributed by atoms with Gasteiger partial charge in [-0.3, -0.25) is 4.79 Å². The Morgan fingerprint density at radius 1 is 1.33 bits per heavy atom. The van der Waals surface area contributed by atoms with Crippen LogP contribution in [0.4, 0.5) is 0 Å². The predicted octanol–water partition coefficient (Wildman–Crippen LogP) is 1.69. The monoisotopic (exact) mass is 205 g/mol. The molecule has 0 unspecified atom stereocenters. The lowest BCUT2D eigenvalue weighted by atomic mass is 9.98. The molecule has 0 radical (unpaired) electrons. The number of hydrogen-bond acceptors (Lipinski definition) is 2. The van der Waals surface area contributed by atoms with Crippen molar-refractivity contribution in [2.45, 2.75) is 32.9 Å². The van der Waals surface area contributed by atoms with Gasteiger partial charge in [0.2, 0.25) is 5.91 Å². The first-order valence-corrected chi connectivity index (χ1v) is 5.18. The molecule has 0 spiro atoms. The Morgan fingerprint density at radius 2 is 2.07 bits per heavy atom. The second-order valence-electron chi connectivity index (χ2n) is 4.25. The third kappa shape index (κ3) is 1.82. The van der Waals surface area contributed by atoms with Gasteiger partial charge >= 0.3 is 0 Å². The highest BCUT2D eigenvalue weighted by molar-refractivity contribution is 5.81. The Balaban J connectivity index is 2.34. The number of benzene rings is 1. The third-order valence-corrected chi connectivity index (χ3v) is 2.82. The van der Waals surface area contributed by atoms with E-state index >= 15 is 0 Å². The zero-order chi connectivity index (χ0) is 11.0. The second kappa shape index (κ2) is 3.57. The van der Waals surface area contributed by atoms with Gasteiger partial charge in [0.1, 0.15) is 5.75 Å². The molecule has 2 rings (SSSR count). The van der Waals surface area contributed by atoms with Crippen molar-refractivity contribution in [3.05, 3.63) is 29.3 Å². The van der Waals surface area contributed by atoms with Crippen molar-refractivity contribution >= 4 is 5.91 Å². The molecule has 0 saturated heterocycles. The zero-order valence-corrected chi connectivity index (χ0v) is 9.03. The number of phenols is 1. The minimum Gasteiger partial charge on any atom is -0.508 e. The van der Waals surface area contributed by atoms with E-state index in [1.165, 1.54) is 0 Å². The first kappa shape index (κ1) is 10.0. The summed E-state index contributed by atoms with van der Waals surface area (Å²) in [6.07, 6.45) is 0.452. The van der Waals surface area contributed by atoms with Gasteiger partial charge in [0.05, 0.1) is 6.42 Å². The summed E-state index contributed by atoms with van der Waals surface area (Å²) in [6.45, 7) is 4.62. The number of aromatic hydroxyl groups is 1. The summed E-state index contributed by atoms with van der Waals surface area (Å²) in [7, 11) is 0. The number of amides is 1. The van der Waals surface area contributed by atoms with E-state index in [0.29, 0.717) is 13.0 Å². The van der Waals surface area contributed by atoms with E-state index in [1.54, 1.807) is 12.1 Å². The van der Waals surface area contributed by atoms with Crippen LogP contribution in [0.15, 0.2) is 18.2 Å². The number of carbonyl (C=O) groups excluding carboxylic acids is 1. The van der Waals surface area contributed by atoms with E-state index in [4.69, 9.17) is 0 Å². The minimum absolute atomic E-state index is 0.170. The van der Waals surface area contributed by atoms with E-state index < -0.39 is 0 Å². The smallest absolute Gasteiger partial charge is 0.227 e. The molecule has 80 valence electrons. The van der Waals surface area contributed by atoms with Crippen LogP contribution in [0, 0.1) is 0 Å². The number of carbonyl (C=O) groups is 1. The van der Waals surface area contributed by atoms with Crippen LogP contribution in [0.25, 0.3) is 0 Å². The van der Waals surface area contributed by atoms with Gasteiger partial charge in [-0.15, -0.1) is 0 Å². The molecule has 0 atom stereocenters. The van der Waals surface area contributed by atoms with Crippen LogP contribution in [0.2, 0.25) is 0 Å². The molecule has 1 N–H and O–H groups in total. The fourth-order valence-corrected chi connectivity index (χ4v) is 1.94. The molecule has 0 aliphatic carbocycles. The van der Waals surface area contributed by atoms with Crippen molar-refractivity contribution in [1.29, 1.82) is 0 Å². The summed E-state index contributed by atoms with van der Waals surface area (Å²) in [4.78, 5) is 13.6. The molecule has 0 saturated carbocycles. The zero-order valence-electron chi connectivity index (χ0n) is 9.03. The molecule has 1 aromatic carbocycles. The molecule has 0 bridgehead atoms. The van der Waals surface area contributed by atoms with E-state index in [2.05, 4.69) is 0 Å². The van der Waals surface area contributed by atoms with Gasteiger partial charge in [0.25, 0.3) is 0 Å². The van der Waals surface area contributed by atoms with Crippen LogP contribution in [0.5, 0.6) is 5.75 Å². The summed E-state index contributed by atoms with van der Waals surface area (Å²) in [5.74, 6) is 0.440. The maximum atomic E-state index is 11.7. The van der Waals surface area contributed by atoms with Gasteiger partial charge < -0.3 is 10.0 Å². The number of rotatable bonds is 1. The predicted molar refractivity (Wildman–Crippen MR) is 57.5 cm³/mol. The maximum Gasteiger partial charge on any atom is 0.227 e. The Kier molecular flexibility index (Phi) is 2.39. The van der Waals surface area contributed by atoms with Crippen molar-refractivity contribution in [3.63, 3.8) is 0 Å². The maximum absolute atomic E-state index is 11.7. The highest BCUT2D eigenvalue weighted by Gasteiger charge is 2.24. The molecule has 1 aromatic rings. The van der Waals surface area contributed by atoms with Gasteiger partial charge in [-0.05, 0) is 37.1 Å². The van der Waals surface area contributed by atoms with E-state index in [0.717, 1.165) is 11.1 Å². The lowest BCUT2D eigenvalue weighted by molar-refractivity contribution is -0.133. The van der Waals surface area contributed by atoms with Gasteiger partial charge in [0, 0.05) is 12.6 Å². The second-order valence-corrected chi connectivity index (χ2v) is 4.25. The Hall–Kier alpha value is -1.51. The Bertz CT molecular complexity index is 399. The van der Waals surface area contributed by atoms with Crippen molar-refractivity contribution in [3.8, 4) is 5.75 Å². The molecule has 1 amide bonds. The molecule has 3 heteroatoms. The number of hydrogen-bond donors (Lipinski definition) is 1. The van der Waals surface area contributed by atoms with Gasteiger partial charge in [-0.1, -0.05) is 6.07 Å². The largest absolute Gasteiger partial charge is 0.508 e. The first-order valence-electron chi connectivity index (χ1n) is 5.18. The molecule has 0 fully saturated rings. The Morgan fingerprint density at radius 3 is 2.73 bits per heavy atom. The number of fused-ring (bicyclic) bond motifs is 1. The van der Waals surface area contributed by atoms with E-state index in [-0.39, 0.29) is 17.7 Å². The molecule has 3 nitrogen and oxygen atoms in total. The van der Waals surface area contributed by atoms with E-state index in [1.807, 2.05) is 24.8 Å². The highest BCUT2D eigenvalue weighted by Crippen LogP contribution is 2.24. The van der Waals surface area contributed by atoms with Crippen LogP contribution in [-0.2, 0) is 17.8 Å². The quantitative estimate of drug-likeness (QED) is 0.757. The van der Waals surface area contributed by atoms with Gasteiger partial charge in [0.15, 0.2) is 0 Å².